The number of methoxy groups -OCH3 is 2. The maximum atomic E-state index is 13.9. The minimum absolute atomic E-state index is 0.0134. The lowest BCUT2D eigenvalue weighted by Crippen LogP contribution is -2.60. The molecule has 4 aromatic carbocycles. The molecule has 4 amide bonds. The third-order valence-corrected chi connectivity index (χ3v) is 27.0. The number of benzene rings is 4. The van der Waals surface area contributed by atoms with Crippen LogP contribution in [0.4, 0.5) is 35.1 Å². The van der Waals surface area contributed by atoms with E-state index in [1.807, 2.05) is 0 Å². The van der Waals surface area contributed by atoms with Gasteiger partial charge in [0.05, 0.1) is 84.5 Å². The van der Waals surface area contributed by atoms with E-state index in [-0.39, 0.29) is 132 Å². The highest BCUT2D eigenvalue weighted by molar-refractivity contribution is 6.07. The fraction of sp³-hybridized carbons (Fsp3) is 0.422. The number of hydrogen-bond acceptors (Lipinski definition) is 20. The van der Waals surface area contributed by atoms with Gasteiger partial charge in [0, 0.05) is 97.5 Å². The minimum atomic E-state index is -1.36. The molecule has 8 aromatic rings. The van der Waals surface area contributed by atoms with E-state index in [0.29, 0.717) is 75.6 Å². The first-order valence-electron chi connectivity index (χ1n) is 40.9. The molecule has 4 aromatic heterocycles. The van der Waals surface area contributed by atoms with Crippen LogP contribution in [-0.4, -0.2) is 132 Å². The summed E-state index contributed by atoms with van der Waals surface area (Å²) in [5, 5.41) is 75.5. The molecule has 0 bridgehead atoms. The Hall–Kier alpha value is -12.3. The van der Waals surface area contributed by atoms with E-state index in [0.717, 1.165) is 88.0 Å². The summed E-state index contributed by atoms with van der Waals surface area (Å²) in [5.74, 6) is -13.8. The van der Waals surface area contributed by atoms with Gasteiger partial charge in [0.1, 0.15) is 91.6 Å². The summed E-state index contributed by atoms with van der Waals surface area (Å²) in [5.41, 5.74) is -15.0. The number of pyridine rings is 4. The van der Waals surface area contributed by atoms with Crippen LogP contribution in [0.1, 0.15) is 236 Å². The predicted octanol–water partition coefficient (Wildman–Crippen LogP) is 9.69. The minimum Gasteiger partial charge on any atom is -0.503 e. The number of ketones is 4. The van der Waals surface area contributed by atoms with Gasteiger partial charge in [-0.1, -0.05) is 75.6 Å². The summed E-state index contributed by atoms with van der Waals surface area (Å²) in [4.78, 5) is 155. The molecule has 4 fully saturated rings. The zero-order valence-electron chi connectivity index (χ0n) is 69.4. The number of carbonyl (C=O) groups is 8. The molecule has 28 nitrogen and oxygen atoms in total. The van der Waals surface area contributed by atoms with Gasteiger partial charge in [-0.05, 0) is 103 Å². The number of aromatic nitrogens is 4. The number of Topliss-reactive ketones (excluding diaryl/α,β-unsaturated/α-hetero) is 4. The normalized spacial score (nSPS) is 24.7. The smallest absolute Gasteiger partial charge is 0.257 e. The first kappa shape index (κ1) is 91.4. The van der Waals surface area contributed by atoms with Crippen LogP contribution in [0, 0.1) is 68.2 Å². The third-order valence-electron chi connectivity index (χ3n) is 27.0. The van der Waals surface area contributed by atoms with Crippen LogP contribution in [0.25, 0.3) is 0 Å². The van der Waals surface area contributed by atoms with Crippen molar-refractivity contribution in [1.82, 2.24) is 39.5 Å². The van der Waals surface area contributed by atoms with Crippen LogP contribution in [0.5, 0.6) is 23.0 Å². The van der Waals surface area contributed by atoms with Gasteiger partial charge in [-0.3, -0.25) is 57.5 Å². The summed E-state index contributed by atoms with van der Waals surface area (Å²) in [7, 11) is 2.48. The zero-order chi connectivity index (χ0) is 91.6. The largest absolute Gasteiger partial charge is 0.503 e. The molecule has 668 valence electrons. The molecule has 0 spiro atoms. The van der Waals surface area contributed by atoms with Gasteiger partial charge in [0.15, 0.2) is 46.1 Å². The van der Waals surface area contributed by atoms with E-state index >= 15 is 0 Å². The lowest BCUT2D eigenvalue weighted by atomic mass is 9.59. The number of amides is 4. The summed E-state index contributed by atoms with van der Waals surface area (Å²) in [6.07, 6.45) is 14.3. The Morgan fingerprint density at radius 2 is 0.540 bits per heavy atom. The van der Waals surface area contributed by atoms with Crippen molar-refractivity contribution in [1.29, 1.82) is 0 Å². The van der Waals surface area contributed by atoms with E-state index in [2.05, 4.69) is 21.3 Å². The molecule has 0 radical (unpaired) electrons. The molecule has 16 rings (SSSR count). The van der Waals surface area contributed by atoms with Crippen LogP contribution in [0.3, 0.4) is 0 Å². The summed E-state index contributed by atoms with van der Waals surface area (Å²) in [6.45, 7) is 5.50. The maximum Gasteiger partial charge on any atom is 0.257 e. The van der Waals surface area contributed by atoms with Crippen molar-refractivity contribution in [2.45, 2.75) is 205 Å². The van der Waals surface area contributed by atoms with E-state index in [1.54, 1.807) is 27.7 Å². The molecular formula is C90H92F8N8O20. The van der Waals surface area contributed by atoms with Gasteiger partial charge in [0.25, 0.3) is 23.6 Å². The first-order valence-corrected chi connectivity index (χ1v) is 40.9. The Morgan fingerprint density at radius 3 is 0.762 bits per heavy atom. The van der Waals surface area contributed by atoms with Gasteiger partial charge in [-0.15, -0.1) is 0 Å². The number of rotatable bonds is 14. The third kappa shape index (κ3) is 16.1. The monoisotopic (exact) mass is 1760 g/mol. The van der Waals surface area contributed by atoms with E-state index in [9.17, 15) is 123 Å². The van der Waals surface area contributed by atoms with Crippen molar-refractivity contribution in [2.75, 3.05) is 14.2 Å². The molecule has 4 saturated carbocycles. The number of carbonyl (C=O) groups excluding carboxylic acids is 8. The van der Waals surface area contributed by atoms with E-state index in [4.69, 9.17) is 9.47 Å². The fourth-order valence-corrected chi connectivity index (χ4v) is 18.9. The topological polar surface area (TPSA) is 413 Å². The highest BCUT2D eigenvalue weighted by Gasteiger charge is 2.62. The Kier molecular flexibility index (Phi) is 25.1. The van der Waals surface area contributed by atoms with Crippen LogP contribution in [0.2, 0.25) is 0 Å². The lowest BCUT2D eigenvalue weighted by molar-refractivity contribution is -0.104. The van der Waals surface area contributed by atoms with Crippen LogP contribution < -0.4 is 52.5 Å². The number of nitrogens with one attached hydrogen (secondary N) is 4. The number of halogens is 8. The van der Waals surface area contributed by atoms with Crippen LogP contribution >= 0.6 is 0 Å². The molecule has 4 aliphatic heterocycles. The Balaban J connectivity index is 0.000000144. The van der Waals surface area contributed by atoms with Crippen molar-refractivity contribution in [3.63, 3.8) is 0 Å². The highest BCUT2D eigenvalue weighted by atomic mass is 19.2. The summed E-state index contributed by atoms with van der Waals surface area (Å²) in [6, 6.07) is 11.7. The zero-order valence-corrected chi connectivity index (χ0v) is 69.4. The molecule has 10 N–H and O–H groups in total. The number of aromatic hydroxyl groups is 2. The van der Waals surface area contributed by atoms with Gasteiger partial charge in [-0.25, -0.2) is 35.1 Å². The standard InChI is InChI=1S/2C23H24F2N2O5.2C22H22F2N2O5/c2*1-22-7-3-4-8-23(22,31)12-27-11-15(18(28)19(32-2)17(27)20(22)29)21(30)26-10-13-5-6-14(24)9-16(13)25;2*1-21-6-2-3-7-22(21,31)11-26-10-14(17(27)18(28)16(26)19(21)29)20(30)25-9-12-4-5-13(23)8-15(12)24/h2*5-6,9,11,31H,3-4,7-8,10,12H2,1-2H3,(H,26,30);2*4-5,8,10,28,31H,2-3,6-7,9,11H2,1H3,(H,25,30)/t2*22-,23-;2*21-,22-/m1010/s1. The molecule has 126 heavy (non-hydrogen) atoms. The molecule has 8 atom stereocenters. The fourth-order valence-electron chi connectivity index (χ4n) is 18.9. The Morgan fingerprint density at radius 1 is 0.333 bits per heavy atom. The van der Waals surface area contributed by atoms with Crippen LogP contribution in [-0.2, 0) is 52.4 Å². The second kappa shape index (κ2) is 34.6. The van der Waals surface area contributed by atoms with Gasteiger partial charge in [0.2, 0.25) is 21.7 Å². The quantitative estimate of drug-likeness (QED) is 0.0453. The van der Waals surface area contributed by atoms with Gasteiger partial charge < -0.3 is 79.6 Å². The summed E-state index contributed by atoms with van der Waals surface area (Å²) < 4.78 is 123. The average molecular weight is 1760 g/mol. The molecule has 4 aliphatic carbocycles. The van der Waals surface area contributed by atoms with Crippen molar-refractivity contribution in [3.8, 4) is 23.0 Å². The number of nitrogens with zero attached hydrogens (tertiary/aromatic N) is 4. The highest BCUT2D eigenvalue weighted by Crippen LogP contribution is 2.55. The summed E-state index contributed by atoms with van der Waals surface area (Å²) >= 11 is 0. The van der Waals surface area contributed by atoms with Gasteiger partial charge in [-0.2, -0.15) is 0 Å². The number of ether oxygens (including phenoxy) is 2. The molecule has 8 heterocycles. The van der Waals surface area contributed by atoms with Crippen molar-refractivity contribution in [3.05, 3.63) is 252 Å². The van der Waals surface area contributed by atoms with Crippen LogP contribution in [0.15, 0.2) is 117 Å². The second-order valence-corrected chi connectivity index (χ2v) is 34.4. The predicted molar refractivity (Wildman–Crippen MR) is 433 cm³/mol. The first-order chi connectivity index (χ1) is 59.4. The number of aliphatic hydroxyl groups is 4. The van der Waals surface area contributed by atoms with E-state index < -0.39 is 170 Å². The molecule has 8 aliphatic rings. The second-order valence-electron chi connectivity index (χ2n) is 34.4. The Bertz CT molecular complexity index is 5770. The molecule has 0 unspecified atom stereocenters. The maximum absolute atomic E-state index is 13.9. The van der Waals surface area contributed by atoms with Crippen molar-refractivity contribution in [2.24, 2.45) is 21.7 Å². The number of fused-ring (bicyclic) bond motifs is 8. The SMILES string of the molecule is COc1c2n(cc(C(=O)NCc3ccc(F)cc3F)c1=O)C[C@@]1(O)CCCC[C@@]1(C)C2=O.COc1c2n(cc(C(=O)NCc3ccc(F)cc3F)c1=O)C[C@]1(O)CCCC[C@]1(C)C2=O.C[C@@]12CCCC[C@]1(O)Cn1cc(C(=O)NCc3ccc(F)cc3F)c(=O)c(O)c1C2=O.C[C@]12CCCC[C@@]1(O)Cn1cc(C(=O)NCc3ccc(F)cc3F)c(=O)c(O)c1C2=O. The van der Waals surface area contributed by atoms with Gasteiger partial charge >= 0.3 is 0 Å². The van der Waals surface area contributed by atoms with E-state index in [1.165, 1.54) is 69.1 Å². The Labute approximate surface area is 713 Å². The average Bonchev–Trinajstić information content (AvgIpc) is 0.725. The molecular weight excluding hydrogens is 1670 g/mol. The lowest BCUT2D eigenvalue weighted by Gasteiger charge is -2.51. The molecule has 0 saturated heterocycles. The number of hydrogen-bond donors (Lipinski definition) is 10. The van der Waals surface area contributed by atoms with Crippen molar-refractivity contribution >= 4 is 46.8 Å². The van der Waals surface area contributed by atoms with Crippen molar-refractivity contribution < 1.29 is 114 Å². The molecule has 36 heteroatoms.